The highest BCUT2D eigenvalue weighted by atomic mass is 32.3. The number of hydrogen-bond donors (Lipinski definition) is 2. The molecule has 48 heavy (non-hydrogen) atoms. The Bertz CT molecular complexity index is 782. The van der Waals surface area contributed by atoms with Crippen LogP contribution in [0.2, 0.25) is 0 Å². The average Bonchev–Trinajstić information content (AvgIpc) is 3.01. The molecule has 0 aromatic carbocycles. The Morgan fingerprint density at radius 3 is 1.12 bits per heavy atom. The molecule has 0 aliphatic heterocycles. The van der Waals surface area contributed by atoms with Crippen molar-refractivity contribution < 1.29 is 41.3 Å². The number of aliphatic hydroxyl groups is 1. The normalized spacial score (nSPS) is 12.2. The van der Waals surface area contributed by atoms with Gasteiger partial charge in [0.2, 0.25) is 16.7 Å². The second-order valence-electron chi connectivity index (χ2n) is 13.3. The predicted octanol–water partition coefficient (Wildman–Crippen LogP) is 10.4. The summed E-state index contributed by atoms with van der Waals surface area (Å²) in [4.78, 5) is 25.1. The van der Waals surface area contributed by atoms with Crippen LogP contribution in [0.4, 0.5) is 0 Å². The van der Waals surface area contributed by atoms with Gasteiger partial charge in [-0.05, 0) is 19.3 Å². The molecule has 1 atom stereocenters. The van der Waals surface area contributed by atoms with Gasteiger partial charge in [-0.1, -0.05) is 168 Å². The van der Waals surface area contributed by atoms with Crippen molar-refractivity contribution in [3.63, 3.8) is 0 Å². The van der Waals surface area contributed by atoms with Gasteiger partial charge in [-0.25, -0.2) is 8.42 Å². The summed E-state index contributed by atoms with van der Waals surface area (Å²) in [6, 6.07) is 0. The first kappa shape index (κ1) is 48.8. The van der Waals surface area contributed by atoms with E-state index >= 15 is 0 Å². The van der Waals surface area contributed by atoms with Crippen LogP contribution in [0.5, 0.6) is 0 Å². The van der Waals surface area contributed by atoms with Gasteiger partial charge in [0, 0.05) is 25.9 Å². The molecule has 0 fully saturated rings. The van der Waals surface area contributed by atoms with Gasteiger partial charge < -0.3 is 25.3 Å². The first-order valence-electron chi connectivity index (χ1n) is 19.4. The van der Waals surface area contributed by atoms with E-state index in [2.05, 4.69) is 18.0 Å². The standard InChI is InChI=1S/C37H72O9S.H3N/c1-3-5-7-9-11-13-15-17-19-21-23-25-27-29-35(39)44-37(33-34(31-32-38)46-47(41,42)43)45-36(40)30-28-26-24-22-20-18-16-14-12-10-8-6-4-2;/h34,37-38H,3-33H2,1-2H3,(H,41,42,43);1H3. The second-order valence-corrected chi connectivity index (χ2v) is 14.3. The maximum Gasteiger partial charge on any atom is 0.308 e. The van der Waals surface area contributed by atoms with Gasteiger partial charge in [-0.15, -0.1) is 0 Å². The van der Waals surface area contributed by atoms with E-state index in [1.807, 2.05) is 0 Å². The lowest BCUT2D eigenvalue weighted by Gasteiger charge is -2.24. The minimum atomic E-state index is -5.06. The van der Waals surface area contributed by atoms with Crippen molar-refractivity contribution in [3.05, 3.63) is 0 Å². The van der Waals surface area contributed by atoms with Crippen LogP contribution in [0.15, 0.2) is 0 Å². The average molecular weight is 710 g/mol. The number of carbonyl (C=O) groups excluding carboxylic acids is 2. The highest BCUT2D eigenvalue weighted by molar-refractivity contribution is 7.80. The van der Waals surface area contributed by atoms with Gasteiger partial charge in [0.05, 0.1) is 6.10 Å². The van der Waals surface area contributed by atoms with E-state index in [1.54, 1.807) is 0 Å². The molecular weight excluding hydrogens is 634 g/mol. The Kier molecular flexibility index (Phi) is 36.2. The number of ether oxygens (including phenoxy) is 2. The fraction of sp³-hybridized carbons (Fsp3) is 0.946. The third kappa shape index (κ3) is 36.0. The van der Waals surface area contributed by atoms with Gasteiger partial charge in [-0.3, -0.25) is 13.8 Å². The van der Waals surface area contributed by atoms with E-state index < -0.39 is 41.3 Å². The van der Waals surface area contributed by atoms with Crippen LogP contribution in [0.1, 0.15) is 206 Å². The van der Waals surface area contributed by atoms with Crippen molar-refractivity contribution >= 4 is 22.3 Å². The van der Waals surface area contributed by atoms with Crippen LogP contribution in [0.25, 0.3) is 0 Å². The molecule has 11 heteroatoms. The Morgan fingerprint density at radius 1 is 0.562 bits per heavy atom. The molecule has 0 amide bonds. The van der Waals surface area contributed by atoms with Crippen LogP contribution < -0.4 is 6.15 Å². The van der Waals surface area contributed by atoms with E-state index in [-0.39, 0.29) is 31.8 Å². The second kappa shape index (κ2) is 35.6. The van der Waals surface area contributed by atoms with Gasteiger partial charge >= 0.3 is 11.9 Å². The molecule has 0 saturated carbocycles. The lowest BCUT2D eigenvalue weighted by atomic mass is 10.0. The molecule has 288 valence electrons. The number of aliphatic hydroxyl groups excluding tert-OH is 1. The summed E-state index contributed by atoms with van der Waals surface area (Å²) in [6.07, 6.45) is 27.8. The molecule has 0 spiro atoms. The Labute approximate surface area is 294 Å². The molecule has 0 radical (unpaired) electrons. The molecular formula is C37H75NO9S. The molecule has 0 heterocycles. The van der Waals surface area contributed by atoms with Crippen LogP contribution in [-0.2, 0) is 33.6 Å². The number of hydrogen-bond acceptors (Lipinski definition) is 9. The highest BCUT2D eigenvalue weighted by Gasteiger charge is 2.25. The number of quaternary nitrogens is 1. The highest BCUT2D eigenvalue weighted by Crippen LogP contribution is 2.18. The molecule has 0 aliphatic rings. The first-order chi connectivity index (χ1) is 22.7. The number of rotatable bonds is 36. The van der Waals surface area contributed by atoms with Gasteiger partial charge in [0.25, 0.3) is 0 Å². The van der Waals surface area contributed by atoms with E-state index in [9.17, 15) is 27.7 Å². The van der Waals surface area contributed by atoms with Crippen LogP contribution in [0.3, 0.4) is 0 Å². The maximum absolute atomic E-state index is 12.6. The van der Waals surface area contributed by atoms with E-state index in [0.717, 1.165) is 38.5 Å². The maximum atomic E-state index is 12.6. The first-order valence-corrected chi connectivity index (χ1v) is 20.7. The van der Waals surface area contributed by atoms with Crippen LogP contribution >= 0.6 is 0 Å². The van der Waals surface area contributed by atoms with Crippen LogP contribution in [-0.4, -0.2) is 49.0 Å². The topological polar surface area (TPSA) is 176 Å². The lowest BCUT2D eigenvalue weighted by Crippen LogP contribution is -2.31. The summed E-state index contributed by atoms with van der Waals surface area (Å²) in [5.41, 5.74) is 0. The van der Waals surface area contributed by atoms with E-state index in [0.29, 0.717) is 12.8 Å². The lowest BCUT2D eigenvalue weighted by molar-refractivity contribution is -0.192. The van der Waals surface area contributed by atoms with E-state index in [1.165, 1.54) is 116 Å². The van der Waals surface area contributed by atoms with Gasteiger partial charge in [-0.2, -0.15) is 0 Å². The van der Waals surface area contributed by atoms with Crippen LogP contribution in [0, 0.1) is 0 Å². The fourth-order valence-electron chi connectivity index (χ4n) is 5.84. The van der Waals surface area contributed by atoms with Gasteiger partial charge in [0.15, 0.2) is 0 Å². The molecule has 0 aliphatic carbocycles. The largest absolute Gasteiger partial charge is 0.726 e. The van der Waals surface area contributed by atoms with Crippen molar-refractivity contribution in [1.29, 1.82) is 0 Å². The molecule has 0 bridgehead atoms. The van der Waals surface area contributed by atoms with Crippen molar-refractivity contribution in [3.8, 4) is 0 Å². The summed E-state index contributed by atoms with van der Waals surface area (Å²) in [5, 5.41) is 9.29. The predicted molar refractivity (Wildman–Crippen MR) is 193 cm³/mol. The third-order valence-corrected chi connectivity index (χ3v) is 9.16. The van der Waals surface area contributed by atoms with Crippen molar-refractivity contribution in [1.82, 2.24) is 6.15 Å². The summed E-state index contributed by atoms with van der Waals surface area (Å²) >= 11 is 0. The number of esters is 2. The Hall–Kier alpha value is -1.27. The van der Waals surface area contributed by atoms with Crippen molar-refractivity contribution in [2.75, 3.05) is 6.61 Å². The molecule has 0 aromatic rings. The molecule has 5 N–H and O–H groups in total. The van der Waals surface area contributed by atoms with Crippen molar-refractivity contribution in [2.45, 2.75) is 219 Å². The summed E-state index contributed by atoms with van der Waals surface area (Å²) in [6.45, 7) is 4.02. The SMILES string of the molecule is CCCCCCCCCCCCCCCC(=O)OC(CC(CCO)OS(=O)(=O)[O-])OC(=O)CCCCCCCCCCCCCCC.[NH4+]. The smallest absolute Gasteiger partial charge is 0.308 e. The number of carbonyl (C=O) groups is 2. The zero-order chi connectivity index (χ0) is 34.9. The quantitative estimate of drug-likeness (QED) is 0.0211. The fourth-order valence-corrected chi connectivity index (χ4v) is 6.34. The zero-order valence-electron chi connectivity index (χ0n) is 31.2. The summed E-state index contributed by atoms with van der Waals surface area (Å²) in [7, 11) is -5.06. The molecule has 0 rings (SSSR count). The minimum absolute atomic E-state index is 0. The van der Waals surface area contributed by atoms with Crippen molar-refractivity contribution in [2.24, 2.45) is 0 Å². The summed E-state index contributed by atoms with van der Waals surface area (Å²) < 4.78 is 48.8. The van der Waals surface area contributed by atoms with E-state index in [4.69, 9.17) is 9.47 Å². The summed E-state index contributed by atoms with van der Waals surface area (Å²) in [5.74, 6) is -1.11. The molecule has 0 aromatic heterocycles. The van der Waals surface area contributed by atoms with Gasteiger partial charge in [0.1, 0.15) is 0 Å². The molecule has 10 nitrogen and oxygen atoms in total. The molecule has 1 unspecified atom stereocenters. The Balaban J connectivity index is 0. The monoisotopic (exact) mass is 710 g/mol. The Morgan fingerprint density at radius 2 is 0.854 bits per heavy atom. The minimum Gasteiger partial charge on any atom is -0.726 e. The number of unbranched alkanes of at least 4 members (excludes halogenated alkanes) is 24. The zero-order valence-corrected chi connectivity index (χ0v) is 32.0. The third-order valence-electron chi connectivity index (χ3n) is 8.66. The molecule has 0 saturated heterocycles.